The number of hydrogen-bond acceptors (Lipinski definition) is 2. The molecular weight excluding hydrogens is 226 g/mol. The lowest BCUT2D eigenvalue weighted by atomic mass is 10.2. The van der Waals surface area contributed by atoms with Crippen molar-refractivity contribution in [1.82, 2.24) is 4.90 Å². The van der Waals surface area contributed by atoms with Gasteiger partial charge < -0.3 is 9.64 Å². The Kier molecular flexibility index (Phi) is 6.44. The second-order valence-electron chi connectivity index (χ2n) is 4.55. The molecule has 3 heteroatoms. The molecule has 0 aliphatic rings. The quantitative estimate of drug-likeness (QED) is 0.743. The average molecular weight is 249 g/mol. The Bertz CT molecular complexity index is 351. The van der Waals surface area contributed by atoms with Crippen molar-refractivity contribution in [3.63, 3.8) is 0 Å². The lowest BCUT2D eigenvalue weighted by Gasteiger charge is -2.21. The normalized spacial score (nSPS) is 12.2. The topological polar surface area (TPSA) is 29.5 Å². The van der Waals surface area contributed by atoms with Crippen LogP contribution in [-0.4, -0.2) is 30.5 Å². The molecule has 0 heterocycles. The molecule has 1 aromatic rings. The maximum Gasteiger partial charge on any atom is 0.251 e. The van der Waals surface area contributed by atoms with Gasteiger partial charge in [-0.15, -0.1) is 0 Å². The number of benzene rings is 1. The molecule has 100 valence electrons. The van der Waals surface area contributed by atoms with Crippen LogP contribution < -0.4 is 0 Å². The Labute approximate surface area is 110 Å². The Morgan fingerprint density at radius 3 is 2.61 bits per heavy atom. The molecule has 0 aliphatic carbocycles. The summed E-state index contributed by atoms with van der Waals surface area (Å²) in [6.07, 6.45) is 1.75. The molecule has 0 aliphatic heterocycles. The summed E-state index contributed by atoms with van der Waals surface area (Å²) in [6.45, 7) is 5.21. The highest BCUT2D eigenvalue weighted by Gasteiger charge is 2.17. The van der Waals surface area contributed by atoms with E-state index in [0.717, 1.165) is 24.9 Å². The minimum absolute atomic E-state index is 0.0550. The van der Waals surface area contributed by atoms with Crippen LogP contribution in [0.4, 0.5) is 0 Å². The fraction of sp³-hybridized carbons (Fsp3) is 0.533. The lowest BCUT2D eigenvalue weighted by molar-refractivity contribution is -0.142. The van der Waals surface area contributed by atoms with Crippen LogP contribution in [0.25, 0.3) is 0 Å². The number of carbonyl (C=O) groups is 1. The standard InChI is InChI=1S/C15H23NO2/c1-4-5-11-16(3)15(17)13(2)18-12-14-9-7-6-8-10-14/h6-10,13H,4-5,11-12H2,1-3H3. The number of carbonyl (C=O) groups excluding carboxylic acids is 1. The van der Waals surface area contributed by atoms with Crippen molar-refractivity contribution >= 4 is 5.91 Å². The van der Waals surface area contributed by atoms with E-state index in [4.69, 9.17) is 4.74 Å². The van der Waals surface area contributed by atoms with Gasteiger partial charge in [0.05, 0.1) is 6.61 Å². The van der Waals surface area contributed by atoms with Crippen molar-refractivity contribution in [3.05, 3.63) is 35.9 Å². The van der Waals surface area contributed by atoms with Crippen LogP contribution in [0, 0.1) is 0 Å². The molecule has 0 bridgehead atoms. The first-order valence-electron chi connectivity index (χ1n) is 6.55. The summed E-state index contributed by atoms with van der Waals surface area (Å²) in [7, 11) is 1.83. The van der Waals surface area contributed by atoms with Crippen molar-refractivity contribution in [2.45, 2.75) is 39.4 Å². The number of amides is 1. The van der Waals surface area contributed by atoms with Gasteiger partial charge in [-0.2, -0.15) is 0 Å². The van der Waals surface area contributed by atoms with E-state index in [1.807, 2.05) is 44.3 Å². The fourth-order valence-electron chi connectivity index (χ4n) is 1.68. The molecule has 1 atom stereocenters. The third kappa shape index (κ3) is 4.88. The smallest absolute Gasteiger partial charge is 0.251 e. The number of hydrogen-bond donors (Lipinski definition) is 0. The molecule has 0 N–H and O–H groups in total. The number of unbranched alkanes of at least 4 members (excludes halogenated alkanes) is 1. The Hall–Kier alpha value is -1.35. The largest absolute Gasteiger partial charge is 0.364 e. The molecule has 1 aromatic carbocycles. The van der Waals surface area contributed by atoms with Gasteiger partial charge in [-0.1, -0.05) is 43.7 Å². The molecule has 0 spiro atoms. The zero-order valence-corrected chi connectivity index (χ0v) is 11.6. The van der Waals surface area contributed by atoms with Gasteiger partial charge in [0.25, 0.3) is 5.91 Å². The predicted octanol–water partition coefficient (Wildman–Crippen LogP) is 2.85. The number of ether oxygens (including phenoxy) is 1. The molecule has 1 rings (SSSR count). The molecule has 18 heavy (non-hydrogen) atoms. The molecule has 0 aromatic heterocycles. The number of rotatable bonds is 7. The highest BCUT2D eigenvalue weighted by molar-refractivity contribution is 5.80. The summed E-state index contributed by atoms with van der Waals surface area (Å²) < 4.78 is 5.60. The van der Waals surface area contributed by atoms with E-state index >= 15 is 0 Å². The van der Waals surface area contributed by atoms with E-state index in [1.54, 1.807) is 4.90 Å². The van der Waals surface area contributed by atoms with Gasteiger partial charge >= 0.3 is 0 Å². The molecular formula is C15H23NO2. The molecule has 0 saturated carbocycles. The van der Waals surface area contributed by atoms with Crippen LogP contribution in [0.15, 0.2) is 30.3 Å². The van der Waals surface area contributed by atoms with Gasteiger partial charge in [-0.3, -0.25) is 4.79 Å². The maximum atomic E-state index is 12.0. The van der Waals surface area contributed by atoms with E-state index in [2.05, 4.69) is 6.92 Å². The van der Waals surface area contributed by atoms with Crippen molar-refractivity contribution in [1.29, 1.82) is 0 Å². The summed E-state index contributed by atoms with van der Waals surface area (Å²) in [5, 5.41) is 0. The summed E-state index contributed by atoms with van der Waals surface area (Å²) in [5.41, 5.74) is 1.09. The van der Waals surface area contributed by atoms with Crippen molar-refractivity contribution in [2.75, 3.05) is 13.6 Å². The first kappa shape index (κ1) is 14.7. The third-order valence-electron chi connectivity index (χ3n) is 2.91. The van der Waals surface area contributed by atoms with E-state index in [-0.39, 0.29) is 12.0 Å². The zero-order chi connectivity index (χ0) is 13.4. The minimum Gasteiger partial charge on any atom is -0.364 e. The van der Waals surface area contributed by atoms with Crippen LogP contribution in [0.1, 0.15) is 32.3 Å². The number of nitrogens with zero attached hydrogens (tertiary/aromatic N) is 1. The van der Waals surface area contributed by atoms with Crippen molar-refractivity contribution in [3.8, 4) is 0 Å². The fourth-order valence-corrected chi connectivity index (χ4v) is 1.68. The SMILES string of the molecule is CCCCN(C)C(=O)C(C)OCc1ccccc1. The van der Waals surface area contributed by atoms with E-state index in [1.165, 1.54) is 0 Å². The third-order valence-corrected chi connectivity index (χ3v) is 2.91. The molecule has 0 radical (unpaired) electrons. The van der Waals surface area contributed by atoms with Crippen molar-refractivity contribution < 1.29 is 9.53 Å². The van der Waals surface area contributed by atoms with E-state index in [9.17, 15) is 4.79 Å². The van der Waals surface area contributed by atoms with Gasteiger partial charge in [0.2, 0.25) is 0 Å². The first-order chi connectivity index (χ1) is 8.65. The average Bonchev–Trinajstić information content (AvgIpc) is 2.42. The highest BCUT2D eigenvalue weighted by atomic mass is 16.5. The Balaban J connectivity index is 2.35. The van der Waals surface area contributed by atoms with Crippen LogP contribution >= 0.6 is 0 Å². The summed E-state index contributed by atoms with van der Waals surface area (Å²) in [5.74, 6) is 0.0550. The molecule has 0 saturated heterocycles. The monoisotopic (exact) mass is 249 g/mol. The van der Waals surface area contributed by atoms with Crippen LogP contribution in [0.5, 0.6) is 0 Å². The summed E-state index contributed by atoms with van der Waals surface area (Å²) in [6, 6.07) is 9.91. The van der Waals surface area contributed by atoms with E-state index < -0.39 is 0 Å². The zero-order valence-electron chi connectivity index (χ0n) is 11.6. The van der Waals surface area contributed by atoms with Gasteiger partial charge in [0.15, 0.2) is 0 Å². The second kappa shape index (κ2) is 7.88. The summed E-state index contributed by atoms with van der Waals surface area (Å²) in [4.78, 5) is 13.7. The Morgan fingerprint density at radius 1 is 1.33 bits per heavy atom. The first-order valence-corrected chi connectivity index (χ1v) is 6.55. The van der Waals surface area contributed by atoms with Crippen molar-refractivity contribution in [2.24, 2.45) is 0 Å². The molecule has 1 unspecified atom stereocenters. The van der Waals surface area contributed by atoms with E-state index in [0.29, 0.717) is 6.61 Å². The molecule has 3 nitrogen and oxygen atoms in total. The maximum absolute atomic E-state index is 12.0. The van der Waals surface area contributed by atoms with Gasteiger partial charge in [-0.25, -0.2) is 0 Å². The molecule has 1 amide bonds. The second-order valence-corrected chi connectivity index (χ2v) is 4.55. The minimum atomic E-state index is -0.382. The van der Waals surface area contributed by atoms with Gasteiger partial charge in [-0.05, 0) is 18.9 Å². The van der Waals surface area contributed by atoms with Crippen LogP contribution in [-0.2, 0) is 16.1 Å². The summed E-state index contributed by atoms with van der Waals surface area (Å²) >= 11 is 0. The molecule has 0 fully saturated rings. The lowest BCUT2D eigenvalue weighted by Crippen LogP contribution is -2.36. The van der Waals surface area contributed by atoms with Gasteiger partial charge in [0, 0.05) is 13.6 Å². The number of likely N-dealkylation sites (N-methyl/N-ethyl adjacent to an activating group) is 1. The van der Waals surface area contributed by atoms with Gasteiger partial charge in [0.1, 0.15) is 6.10 Å². The van der Waals surface area contributed by atoms with Crippen LogP contribution in [0.2, 0.25) is 0 Å². The van der Waals surface area contributed by atoms with Crippen LogP contribution in [0.3, 0.4) is 0 Å². The Morgan fingerprint density at radius 2 is 2.00 bits per heavy atom. The highest BCUT2D eigenvalue weighted by Crippen LogP contribution is 2.05. The predicted molar refractivity (Wildman–Crippen MR) is 73.2 cm³/mol.